The van der Waals surface area contributed by atoms with E-state index < -0.39 is 0 Å². The topological polar surface area (TPSA) is 58.4 Å². The average Bonchev–Trinajstić information content (AvgIpc) is 3.58. The Hall–Kier alpha value is -3.55. The van der Waals surface area contributed by atoms with E-state index in [1.165, 1.54) is 12.1 Å². The van der Waals surface area contributed by atoms with E-state index in [1.807, 2.05) is 47.9 Å². The third kappa shape index (κ3) is 5.75. The lowest BCUT2D eigenvalue weighted by atomic mass is 9.97. The number of para-hydroxylation sites is 1. The van der Waals surface area contributed by atoms with Crippen LogP contribution in [-0.4, -0.2) is 35.4 Å². The molecule has 35 heavy (non-hydrogen) atoms. The monoisotopic (exact) mass is 487 g/mol. The Bertz CT molecular complexity index is 1290. The minimum Gasteiger partial charge on any atom is -0.465 e. The fourth-order valence-electron chi connectivity index (χ4n) is 4.31. The summed E-state index contributed by atoms with van der Waals surface area (Å²) in [6, 6.07) is 17.6. The first-order valence-corrected chi connectivity index (χ1v) is 12.6. The van der Waals surface area contributed by atoms with E-state index in [1.54, 1.807) is 29.7 Å². The number of benzene rings is 2. The molecule has 0 bridgehead atoms. The molecule has 1 N–H and O–H groups in total. The van der Waals surface area contributed by atoms with Crippen molar-refractivity contribution in [3.8, 4) is 11.1 Å². The van der Waals surface area contributed by atoms with Crippen LogP contribution in [0.2, 0.25) is 0 Å². The molecular formula is C28H26FN3O2S. The molecule has 1 aliphatic heterocycles. The van der Waals surface area contributed by atoms with Gasteiger partial charge < -0.3 is 9.73 Å². The van der Waals surface area contributed by atoms with Crippen molar-refractivity contribution >= 4 is 29.0 Å². The lowest BCUT2D eigenvalue weighted by molar-refractivity contribution is 0.102. The van der Waals surface area contributed by atoms with Crippen LogP contribution in [0.4, 0.5) is 10.1 Å². The van der Waals surface area contributed by atoms with Crippen molar-refractivity contribution in [2.75, 3.05) is 25.0 Å². The second-order valence-corrected chi connectivity index (χ2v) is 9.46. The molecule has 1 fully saturated rings. The van der Waals surface area contributed by atoms with Crippen LogP contribution in [0.25, 0.3) is 17.2 Å². The molecule has 7 heteroatoms. The first-order valence-electron chi connectivity index (χ1n) is 11.7. The minimum absolute atomic E-state index is 0.234. The summed E-state index contributed by atoms with van der Waals surface area (Å²) in [5, 5.41) is 5.84. The largest absolute Gasteiger partial charge is 0.465 e. The number of anilines is 1. The van der Waals surface area contributed by atoms with E-state index in [0.29, 0.717) is 17.3 Å². The van der Waals surface area contributed by atoms with Crippen LogP contribution >= 0.6 is 11.3 Å². The molecule has 0 aliphatic carbocycles. The third-order valence-corrected chi connectivity index (χ3v) is 7.22. The number of hydrogen-bond donors (Lipinski definition) is 1. The van der Waals surface area contributed by atoms with Gasteiger partial charge in [-0.25, -0.2) is 9.37 Å². The van der Waals surface area contributed by atoms with Crippen molar-refractivity contribution in [1.29, 1.82) is 0 Å². The standard InChI is InChI=1S/C28H26FN3O2S/c29-22-11-9-20(10-12-22)24-7-1-2-8-25(24)30-27(33)26-19-35-28(31-26)21-13-16-32(17-14-21)15-3-5-23-6-4-18-34-23/h1-12,18-19,21H,13-17H2,(H,30,33)/b5-3-. The molecule has 1 amide bonds. The summed E-state index contributed by atoms with van der Waals surface area (Å²) >= 11 is 1.56. The highest BCUT2D eigenvalue weighted by molar-refractivity contribution is 7.10. The van der Waals surface area contributed by atoms with Crippen LogP contribution in [0.5, 0.6) is 0 Å². The molecule has 5 nitrogen and oxygen atoms in total. The van der Waals surface area contributed by atoms with Gasteiger partial charge in [0.25, 0.3) is 5.91 Å². The number of carbonyl (C=O) groups is 1. The highest BCUT2D eigenvalue weighted by atomic mass is 32.1. The first-order chi connectivity index (χ1) is 17.2. The van der Waals surface area contributed by atoms with Gasteiger partial charge in [0.05, 0.1) is 11.3 Å². The summed E-state index contributed by atoms with van der Waals surface area (Å²) in [7, 11) is 0. The summed E-state index contributed by atoms with van der Waals surface area (Å²) in [5.74, 6) is 0.719. The van der Waals surface area contributed by atoms with Gasteiger partial charge in [0.1, 0.15) is 17.3 Å². The Kier molecular flexibility index (Phi) is 7.16. The molecule has 0 spiro atoms. The molecule has 2 aromatic carbocycles. The third-order valence-electron chi connectivity index (χ3n) is 6.21. The zero-order valence-corrected chi connectivity index (χ0v) is 20.0. The Morgan fingerprint density at radius 2 is 1.91 bits per heavy atom. The summed E-state index contributed by atoms with van der Waals surface area (Å²) < 4.78 is 18.7. The zero-order valence-electron chi connectivity index (χ0n) is 19.2. The van der Waals surface area contributed by atoms with Gasteiger partial charge >= 0.3 is 0 Å². The van der Waals surface area contributed by atoms with Crippen LogP contribution < -0.4 is 5.32 Å². The van der Waals surface area contributed by atoms with Crippen LogP contribution in [0.1, 0.15) is 40.0 Å². The number of rotatable bonds is 7. The number of amides is 1. The Morgan fingerprint density at radius 1 is 1.11 bits per heavy atom. The van der Waals surface area contributed by atoms with Crippen molar-refractivity contribution in [2.45, 2.75) is 18.8 Å². The van der Waals surface area contributed by atoms with E-state index in [0.717, 1.165) is 54.4 Å². The lowest BCUT2D eigenvalue weighted by Crippen LogP contribution is -2.33. The number of aromatic nitrogens is 1. The predicted molar refractivity (Wildman–Crippen MR) is 138 cm³/mol. The van der Waals surface area contributed by atoms with Crippen molar-refractivity contribution < 1.29 is 13.6 Å². The van der Waals surface area contributed by atoms with Crippen LogP contribution in [0, 0.1) is 5.82 Å². The van der Waals surface area contributed by atoms with Crippen molar-refractivity contribution in [1.82, 2.24) is 9.88 Å². The zero-order chi connectivity index (χ0) is 24.0. The molecule has 3 heterocycles. The quantitative estimate of drug-likeness (QED) is 0.316. The van der Waals surface area contributed by atoms with E-state index >= 15 is 0 Å². The molecule has 1 saturated heterocycles. The van der Waals surface area contributed by atoms with Gasteiger partial charge in [0.15, 0.2) is 0 Å². The van der Waals surface area contributed by atoms with Gasteiger partial charge in [0, 0.05) is 29.1 Å². The molecule has 4 aromatic rings. The van der Waals surface area contributed by atoms with Gasteiger partial charge in [-0.05, 0) is 67.9 Å². The summed E-state index contributed by atoms with van der Waals surface area (Å²) in [5.41, 5.74) is 2.79. The smallest absolute Gasteiger partial charge is 0.275 e. The molecule has 0 saturated carbocycles. The SMILES string of the molecule is O=C(Nc1ccccc1-c1ccc(F)cc1)c1csc(C2CCN(C/C=C\c3ccco3)CC2)n1. The molecular weight excluding hydrogens is 461 g/mol. The van der Waals surface area contributed by atoms with Crippen LogP contribution in [0.3, 0.4) is 0 Å². The van der Waals surface area contributed by atoms with Gasteiger partial charge in [-0.3, -0.25) is 9.69 Å². The van der Waals surface area contributed by atoms with Gasteiger partial charge in [-0.15, -0.1) is 11.3 Å². The second kappa shape index (κ2) is 10.8. The summed E-state index contributed by atoms with van der Waals surface area (Å²) in [6.45, 7) is 2.89. The van der Waals surface area contributed by atoms with Crippen LogP contribution in [-0.2, 0) is 0 Å². The number of likely N-dealkylation sites (tertiary alicyclic amines) is 1. The van der Waals surface area contributed by atoms with Gasteiger partial charge in [-0.1, -0.05) is 36.4 Å². The number of furan rings is 1. The number of carbonyl (C=O) groups excluding carboxylic acids is 1. The molecule has 178 valence electrons. The van der Waals surface area contributed by atoms with Crippen LogP contribution in [0.15, 0.2) is 82.8 Å². The molecule has 0 radical (unpaired) electrons. The number of thiazole rings is 1. The number of halogens is 1. The number of hydrogen-bond acceptors (Lipinski definition) is 5. The van der Waals surface area contributed by atoms with E-state index in [9.17, 15) is 9.18 Å². The van der Waals surface area contributed by atoms with Gasteiger partial charge in [0.2, 0.25) is 0 Å². The minimum atomic E-state index is -0.290. The number of nitrogens with zero attached hydrogens (tertiary/aromatic N) is 2. The van der Waals surface area contributed by atoms with E-state index in [4.69, 9.17) is 4.42 Å². The maximum atomic E-state index is 13.3. The normalized spacial score (nSPS) is 15.0. The molecule has 1 aliphatic rings. The van der Waals surface area contributed by atoms with Crippen molar-refractivity contribution in [3.63, 3.8) is 0 Å². The molecule has 2 aromatic heterocycles. The predicted octanol–water partition coefficient (Wildman–Crippen LogP) is 6.69. The highest BCUT2D eigenvalue weighted by Crippen LogP contribution is 2.32. The summed E-state index contributed by atoms with van der Waals surface area (Å²) in [6.07, 6.45) is 7.87. The molecule has 0 atom stereocenters. The first kappa shape index (κ1) is 23.2. The fourth-order valence-corrected chi connectivity index (χ4v) is 5.28. The maximum absolute atomic E-state index is 13.3. The lowest BCUT2D eigenvalue weighted by Gasteiger charge is -2.30. The van der Waals surface area contributed by atoms with Gasteiger partial charge in [-0.2, -0.15) is 0 Å². The molecule has 0 unspecified atom stereocenters. The Morgan fingerprint density at radius 3 is 2.69 bits per heavy atom. The van der Waals surface area contributed by atoms with Crippen molar-refractivity contribution in [2.24, 2.45) is 0 Å². The van der Waals surface area contributed by atoms with E-state index in [2.05, 4.69) is 21.3 Å². The maximum Gasteiger partial charge on any atom is 0.275 e. The molecule has 5 rings (SSSR count). The number of piperidine rings is 1. The van der Waals surface area contributed by atoms with E-state index in [-0.39, 0.29) is 11.7 Å². The van der Waals surface area contributed by atoms with Crippen molar-refractivity contribution in [3.05, 3.63) is 101 Å². The highest BCUT2D eigenvalue weighted by Gasteiger charge is 2.24. The fraction of sp³-hybridized carbons (Fsp3) is 0.214. The Balaban J connectivity index is 1.18. The Labute approximate surface area is 207 Å². The summed E-state index contributed by atoms with van der Waals surface area (Å²) in [4.78, 5) is 20.1. The average molecular weight is 488 g/mol. The number of nitrogens with one attached hydrogen (secondary N) is 1. The second-order valence-electron chi connectivity index (χ2n) is 8.57.